The van der Waals surface area contributed by atoms with Crippen LogP contribution in [0.2, 0.25) is 0 Å². The summed E-state index contributed by atoms with van der Waals surface area (Å²) < 4.78 is 11.6. The van der Waals surface area contributed by atoms with Gasteiger partial charge in [0.1, 0.15) is 12.3 Å². The highest BCUT2D eigenvalue weighted by Gasteiger charge is 2.27. The third kappa shape index (κ3) is 3.31. The van der Waals surface area contributed by atoms with E-state index in [9.17, 15) is 9.59 Å². The lowest BCUT2D eigenvalue weighted by molar-refractivity contribution is 0.0517. The normalized spacial score (nSPS) is 15.6. The van der Waals surface area contributed by atoms with Crippen molar-refractivity contribution in [2.75, 3.05) is 20.2 Å². The summed E-state index contributed by atoms with van der Waals surface area (Å²) in [7, 11) is 1.73. The number of likely N-dealkylation sites (N-methyl/N-ethyl adjacent to an activating group) is 1. The summed E-state index contributed by atoms with van der Waals surface area (Å²) >= 11 is 0. The van der Waals surface area contributed by atoms with Gasteiger partial charge in [-0.3, -0.25) is 9.59 Å². The van der Waals surface area contributed by atoms with Crippen LogP contribution in [0.5, 0.6) is 11.5 Å². The number of carbonyl (C=O) groups excluding carboxylic acids is 2. The number of hydrogen-bond acceptors (Lipinski definition) is 4. The van der Waals surface area contributed by atoms with E-state index in [2.05, 4.69) is 4.98 Å². The molecule has 0 radical (unpaired) electrons. The third-order valence-electron chi connectivity index (χ3n) is 4.60. The van der Waals surface area contributed by atoms with Crippen molar-refractivity contribution in [2.24, 2.45) is 0 Å². The number of aromatic nitrogens is 1. The predicted octanol–water partition coefficient (Wildman–Crippen LogP) is 3.00. The lowest BCUT2D eigenvalue weighted by Gasteiger charge is -2.29. The molecule has 0 saturated carbocycles. The van der Waals surface area contributed by atoms with Crippen LogP contribution in [0.25, 0.3) is 0 Å². The molecule has 1 aliphatic rings. The molecule has 0 fully saturated rings. The molecule has 6 nitrogen and oxygen atoms in total. The lowest BCUT2D eigenvalue weighted by atomic mass is 10.0. The molecule has 1 N–H and O–H groups in total. The summed E-state index contributed by atoms with van der Waals surface area (Å²) in [5.41, 5.74) is 2.61. The number of carbonyl (C=O) groups is 2. The van der Waals surface area contributed by atoms with E-state index in [0.717, 1.165) is 17.0 Å². The number of aryl methyl sites for hydroxylation is 1. The van der Waals surface area contributed by atoms with Crippen molar-refractivity contribution in [3.05, 3.63) is 46.8 Å². The largest absolute Gasteiger partial charge is 0.486 e. The summed E-state index contributed by atoms with van der Waals surface area (Å²) in [5, 5.41) is 0. The van der Waals surface area contributed by atoms with Crippen molar-refractivity contribution in [3.63, 3.8) is 0 Å². The van der Waals surface area contributed by atoms with Gasteiger partial charge in [-0.15, -0.1) is 0 Å². The molecule has 1 aromatic carbocycles. The van der Waals surface area contributed by atoms with Crippen LogP contribution in [-0.2, 0) is 6.42 Å². The standard InChI is InChI=1S/C20H24N2O4/c1-5-15-18(13(3)23)12(2)21-19(15)20(24)22(4)10-14-11-25-16-8-6-7-9-17(16)26-14/h6-9,14,21H,5,10-11H2,1-4H3. The summed E-state index contributed by atoms with van der Waals surface area (Å²) in [5.74, 6) is 1.23. The van der Waals surface area contributed by atoms with E-state index in [1.165, 1.54) is 6.92 Å². The molecule has 138 valence electrons. The van der Waals surface area contributed by atoms with Gasteiger partial charge in [-0.05, 0) is 38.0 Å². The highest BCUT2D eigenvalue weighted by Crippen LogP contribution is 2.31. The first-order valence-corrected chi connectivity index (χ1v) is 8.78. The molecular weight excluding hydrogens is 332 g/mol. The fourth-order valence-corrected chi connectivity index (χ4v) is 3.42. The summed E-state index contributed by atoms with van der Waals surface area (Å²) in [4.78, 5) is 29.5. The number of rotatable bonds is 5. The van der Waals surface area contributed by atoms with Crippen molar-refractivity contribution >= 4 is 11.7 Å². The molecule has 1 atom stereocenters. The minimum atomic E-state index is -0.243. The van der Waals surface area contributed by atoms with Crippen LogP contribution in [0, 0.1) is 6.92 Å². The third-order valence-corrected chi connectivity index (χ3v) is 4.60. The number of nitrogens with zero attached hydrogens (tertiary/aromatic N) is 1. The molecule has 0 aliphatic carbocycles. The second-order valence-corrected chi connectivity index (χ2v) is 6.57. The van der Waals surface area contributed by atoms with Crippen molar-refractivity contribution < 1.29 is 19.1 Å². The lowest BCUT2D eigenvalue weighted by Crippen LogP contribution is -2.42. The van der Waals surface area contributed by atoms with E-state index < -0.39 is 0 Å². The highest BCUT2D eigenvalue weighted by atomic mass is 16.6. The Kier molecular flexibility index (Phi) is 5.02. The Morgan fingerprint density at radius 3 is 2.62 bits per heavy atom. The monoisotopic (exact) mass is 356 g/mol. The van der Waals surface area contributed by atoms with E-state index in [0.29, 0.717) is 36.6 Å². The molecule has 6 heteroatoms. The number of hydrogen-bond donors (Lipinski definition) is 1. The maximum atomic E-state index is 12.9. The zero-order chi connectivity index (χ0) is 18.8. The molecule has 1 unspecified atom stereocenters. The fourth-order valence-electron chi connectivity index (χ4n) is 3.42. The van der Waals surface area contributed by atoms with E-state index in [4.69, 9.17) is 9.47 Å². The Balaban J connectivity index is 1.75. The molecule has 2 heterocycles. The Bertz CT molecular complexity index is 840. The number of ketones is 1. The fraction of sp³-hybridized carbons (Fsp3) is 0.400. The Morgan fingerprint density at radius 1 is 1.27 bits per heavy atom. The molecule has 0 bridgehead atoms. The molecule has 3 rings (SSSR count). The Morgan fingerprint density at radius 2 is 1.96 bits per heavy atom. The van der Waals surface area contributed by atoms with Gasteiger partial charge in [0.15, 0.2) is 23.4 Å². The van der Waals surface area contributed by atoms with Crippen LogP contribution >= 0.6 is 0 Å². The molecule has 1 aliphatic heterocycles. The molecule has 26 heavy (non-hydrogen) atoms. The van der Waals surface area contributed by atoms with Gasteiger partial charge in [0.25, 0.3) is 5.91 Å². The first-order valence-electron chi connectivity index (χ1n) is 8.78. The average molecular weight is 356 g/mol. The van der Waals surface area contributed by atoms with E-state index in [1.807, 2.05) is 38.1 Å². The predicted molar refractivity (Wildman–Crippen MR) is 98.2 cm³/mol. The first-order chi connectivity index (χ1) is 12.4. The number of amides is 1. The maximum Gasteiger partial charge on any atom is 0.270 e. The summed E-state index contributed by atoms with van der Waals surface area (Å²) in [6.07, 6.45) is 0.372. The molecule has 1 amide bonds. The van der Waals surface area contributed by atoms with Crippen LogP contribution in [0.4, 0.5) is 0 Å². The van der Waals surface area contributed by atoms with Gasteiger partial charge >= 0.3 is 0 Å². The van der Waals surface area contributed by atoms with Crippen molar-refractivity contribution in [2.45, 2.75) is 33.3 Å². The van der Waals surface area contributed by atoms with E-state index in [-0.39, 0.29) is 17.8 Å². The van der Waals surface area contributed by atoms with Crippen molar-refractivity contribution in [3.8, 4) is 11.5 Å². The number of benzene rings is 1. The maximum absolute atomic E-state index is 12.9. The average Bonchev–Trinajstić information content (AvgIpc) is 2.97. The van der Waals surface area contributed by atoms with Crippen LogP contribution < -0.4 is 9.47 Å². The summed E-state index contributed by atoms with van der Waals surface area (Å²) in [6.45, 7) is 6.07. The zero-order valence-corrected chi connectivity index (χ0v) is 15.6. The second kappa shape index (κ2) is 7.23. The number of fused-ring (bicyclic) bond motifs is 1. The second-order valence-electron chi connectivity index (χ2n) is 6.57. The smallest absolute Gasteiger partial charge is 0.270 e. The number of Topliss-reactive ketones (excluding diaryl/α,β-unsaturated/α-hetero) is 1. The highest BCUT2D eigenvalue weighted by molar-refractivity contribution is 6.02. The number of ether oxygens (including phenoxy) is 2. The van der Waals surface area contributed by atoms with E-state index >= 15 is 0 Å². The minimum absolute atomic E-state index is 0.0297. The van der Waals surface area contributed by atoms with Gasteiger partial charge in [0, 0.05) is 18.3 Å². The number of para-hydroxylation sites is 2. The van der Waals surface area contributed by atoms with Crippen LogP contribution in [0.1, 0.15) is 46.0 Å². The van der Waals surface area contributed by atoms with Gasteiger partial charge in [-0.1, -0.05) is 19.1 Å². The Labute approximate surface area is 153 Å². The molecule has 0 saturated heterocycles. The molecule has 0 spiro atoms. The summed E-state index contributed by atoms with van der Waals surface area (Å²) in [6, 6.07) is 7.49. The number of H-pyrrole nitrogens is 1. The van der Waals surface area contributed by atoms with Gasteiger partial charge in [0.2, 0.25) is 0 Å². The quantitative estimate of drug-likeness (QED) is 0.836. The molecule has 2 aromatic rings. The van der Waals surface area contributed by atoms with Crippen molar-refractivity contribution in [1.82, 2.24) is 9.88 Å². The zero-order valence-electron chi connectivity index (χ0n) is 15.6. The minimum Gasteiger partial charge on any atom is -0.486 e. The SMILES string of the molecule is CCc1c(C(=O)N(C)CC2COc3ccccc3O2)[nH]c(C)c1C(C)=O. The van der Waals surface area contributed by atoms with Gasteiger partial charge in [0.05, 0.1) is 6.54 Å². The number of aromatic amines is 1. The van der Waals surface area contributed by atoms with Crippen LogP contribution in [0.15, 0.2) is 24.3 Å². The molecular formula is C20H24N2O4. The number of nitrogens with one attached hydrogen (secondary N) is 1. The van der Waals surface area contributed by atoms with Crippen molar-refractivity contribution in [1.29, 1.82) is 0 Å². The van der Waals surface area contributed by atoms with Gasteiger partial charge < -0.3 is 19.4 Å². The topological polar surface area (TPSA) is 71.6 Å². The van der Waals surface area contributed by atoms with Crippen LogP contribution in [-0.4, -0.2) is 47.9 Å². The van der Waals surface area contributed by atoms with Crippen LogP contribution in [0.3, 0.4) is 0 Å². The Hall–Kier alpha value is -2.76. The van der Waals surface area contributed by atoms with E-state index in [1.54, 1.807) is 11.9 Å². The molecule has 1 aromatic heterocycles. The first kappa shape index (κ1) is 18.0. The van der Waals surface area contributed by atoms with Gasteiger partial charge in [-0.25, -0.2) is 0 Å². The van der Waals surface area contributed by atoms with Gasteiger partial charge in [-0.2, -0.15) is 0 Å².